The number of hydrogen-bond acceptors (Lipinski definition) is 6. The number of methoxy groups -OCH3 is 1. The van der Waals surface area contributed by atoms with Gasteiger partial charge in [-0.1, -0.05) is 61.2 Å². The fourth-order valence-corrected chi connectivity index (χ4v) is 3.42. The molecule has 1 heterocycles. The van der Waals surface area contributed by atoms with Crippen LogP contribution >= 0.6 is 11.8 Å². The lowest BCUT2D eigenvalue weighted by Gasteiger charge is -2.15. The van der Waals surface area contributed by atoms with Gasteiger partial charge in [-0.2, -0.15) is 0 Å². The lowest BCUT2D eigenvalue weighted by molar-refractivity contribution is -0.115. The number of nitrogens with one attached hydrogen (secondary N) is 2. The summed E-state index contributed by atoms with van der Waals surface area (Å²) in [6, 6.07) is 16.3. The number of thioether (sulfide) groups is 1. The number of H-pyrrole nitrogens is 1. The average molecular weight is 396 g/mol. The van der Waals surface area contributed by atoms with E-state index in [0.717, 1.165) is 0 Å². The van der Waals surface area contributed by atoms with Crippen LogP contribution in [-0.4, -0.2) is 33.4 Å². The second-order valence-corrected chi connectivity index (χ2v) is 7.07. The minimum Gasteiger partial charge on any atom is -0.495 e. The summed E-state index contributed by atoms with van der Waals surface area (Å²) in [4.78, 5) is 27.7. The predicted octanol–water partition coefficient (Wildman–Crippen LogP) is 3.35. The van der Waals surface area contributed by atoms with Crippen LogP contribution < -0.4 is 15.6 Å². The summed E-state index contributed by atoms with van der Waals surface area (Å²) in [5, 5.41) is 10.8. The standard InChI is InChI=1S/C20H20N4O3S/c1-3-16(18(25)21-14-11-7-8-12-15(14)27-2)28-20-22-19(26)17(23-24-20)13-9-5-4-6-10-13/h4-12,16H,3H2,1-2H3,(H,21,25)(H,22,24,26). The van der Waals surface area contributed by atoms with Gasteiger partial charge in [0.1, 0.15) is 5.75 Å². The van der Waals surface area contributed by atoms with Crippen LogP contribution in [0, 0.1) is 0 Å². The molecule has 2 N–H and O–H groups in total. The van der Waals surface area contributed by atoms with Crippen molar-refractivity contribution < 1.29 is 9.53 Å². The SMILES string of the molecule is CCC(Sc1nnc(-c2ccccc2)c(=O)[nH]1)C(=O)Nc1ccccc1OC. The van der Waals surface area contributed by atoms with E-state index < -0.39 is 5.25 Å². The van der Waals surface area contributed by atoms with Crippen LogP contribution in [0.15, 0.2) is 64.5 Å². The molecule has 0 saturated carbocycles. The fraction of sp³-hybridized carbons (Fsp3) is 0.200. The molecule has 0 spiro atoms. The molecular weight excluding hydrogens is 376 g/mol. The maximum atomic E-state index is 12.7. The number of para-hydroxylation sites is 2. The third-order valence-electron chi connectivity index (χ3n) is 4.01. The van der Waals surface area contributed by atoms with Crippen LogP contribution in [0.3, 0.4) is 0 Å². The minimum atomic E-state index is -0.447. The second kappa shape index (κ2) is 9.18. The molecule has 0 aliphatic rings. The molecule has 2 aromatic carbocycles. The number of anilines is 1. The van der Waals surface area contributed by atoms with Gasteiger partial charge in [-0.05, 0) is 18.6 Å². The molecule has 7 nitrogen and oxygen atoms in total. The van der Waals surface area contributed by atoms with Gasteiger partial charge in [0.2, 0.25) is 5.91 Å². The highest BCUT2D eigenvalue weighted by atomic mass is 32.2. The number of nitrogens with zero attached hydrogens (tertiary/aromatic N) is 2. The Kier molecular flexibility index (Phi) is 6.44. The van der Waals surface area contributed by atoms with Gasteiger partial charge in [0.05, 0.1) is 18.0 Å². The average Bonchev–Trinajstić information content (AvgIpc) is 2.73. The Morgan fingerprint density at radius 3 is 2.54 bits per heavy atom. The number of rotatable bonds is 7. The smallest absolute Gasteiger partial charge is 0.278 e. The van der Waals surface area contributed by atoms with Crippen LogP contribution in [0.5, 0.6) is 5.75 Å². The van der Waals surface area contributed by atoms with Crippen molar-refractivity contribution in [1.29, 1.82) is 0 Å². The van der Waals surface area contributed by atoms with Gasteiger partial charge in [-0.3, -0.25) is 14.6 Å². The summed E-state index contributed by atoms with van der Waals surface area (Å²) in [7, 11) is 1.55. The van der Waals surface area contributed by atoms with Gasteiger partial charge in [-0.15, -0.1) is 10.2 Å². The van der Waals surface area contributed by atoms with Crippen LogP contribution in [0.2, 0.25) is 0 Å². The molecule has 1 unspecified atom stereocenters. The maximum Gasteiger partial charge on any atom is 0.278 e. The van der Waals surface area contributed by atoms with E-state index in [9.17, 15) is 9.59 Å². The van der Waals surface area contributed by atoms with E-state index in [4.69, 9.17) is 4.74 Å². The van der Waals surface area contributed by atoms with Gasteiger partial charge in [-0.25, -0.2) is 0 Å². The van der Waals surface area contributed by atoms with Crippen molar-refractivity contribution in [2.24, 2.45) is 0 Å². The van der Waals surface area contributed by atoms with Crippen molar-refractivity contribution in [3.8, 4) is 17.0 Å². The van der Waals surface area contributed by atoms with Crippen molar-refractivity contribution >= 4 is 23.4 Å². The van der Waals surface area contributed by atoms with Crippen molar-refractivity contribution in [3.63, 3.8) is 0 Å². The van der Waals surface area contributed by atoms with Crippen LogP contribution in [0.25, 0.3) is 11.3 Å². The number of aromatic amines is 1. The molecule has 28 heavy (non-hydrogen) atoms. The molecule has 0 aliphatic carbocycles. The third-order valence-corrected chi connectivity index (χ3v) is 5.24. The molecule has 0 aliphatic heterocycles. The molecule has 0 bridgehead atoms. The van der Waals surface area contributed by atoms with Crippen LogP contribution in [-0.2, 0) is 4.79 Å². The monoisotopic (exact) mass is 396 g/mol. The highest BCUT2D eigenvalue weighted by Gasteiger charge is 2.21. The van der Waals surface area contributed by atoms with Crippen molar-refractivity contribution in [1.82, 2.24) is 15.2 Å². The van der Waals surface area contributed by atoms with Gasteiger partial charge in [0, 0.05) is 5.56 Å². The molecule has 1 amide bonds. The van der Waals surface area contributed by atoms with Crippen molar-refractivity contribution in [2.75, 3.05) is 12.4 Å². The van der Waals surface area contributed by atoms with Crippen molar-refractivity contribution in [2.45, 2.75) is 23.8 Å². The van der Waals surface area contributed by atoms with E-state index in [1.807, 2.05) is 37.3 Å². The Morgan fingerprint density at radius 1 is 1.14 bits per heavy atom. The highest BCUT2D eigenvalue weighted by Crippen LogP contribution is 2.27. The van der Waals surface area contributed by atoms with E-state index in [-0.39, 0.29) is 17.2 Å². The molecule has 144 valence electrons. The summed E-state index contributed by atoms with van der Waals surface area (Å²) in [5.74, 6) is 0.378. The van der Waals surface area contributed by atoms with Gasteiger partial charge in [0.25, 0.3) is 5.56 Å². The molecule has 0 fully saturated rings. The number of amides is 1. The highest BCUT2D eigenvalue weighted by molar-refractivity contribution is 8.00. The van der Waals surface area contributed by atoms with Crippen molar-refractivity contribution in [3.05, 3.63) is 65.0 Å². The zero-order chi connectivity index (χ0) is 19.9. The first-order valence-corrected chi connectivity index (χ1v) is 9.63. The lowest BCUT2D eigenvalue weighted by Crippen LogP contribution is -2.26. The Bertz CT molecular complexity index is 1010. The largest absolute Gasteiger partial charge is 0.495 e. The Labute approximate surface area is 166 Å². The first-order chi connectivity index (χ1) is 13.6. The first-order valence-electron chi connectivity index (χ1n) is 8.75. The molecular formula is C20H20N4O3S. The van der Waals surface area contributed by atoms with Gasteiger partial charge >= 0.3 is 0 Å². The van der Waals surface area contributed by atoms with Gasteiger partial charge < -0.3 is 10.1 Å². The zero-order valence-electron chi connectivity index (χ0n) is 15.5. The molecule has 3 rings (SSSR count). The number of carbonyl (C=O) groups is 1. The minimum absolute atomic E-state index is 0.202. The molecule has 3 aromatic rings. The van der Waals surface area contributed by atoms with E-state index >= 15 is 0 Å². The summed E-state index contributed by atoms with van der Waals surface area (Å²) < 4.78 is 5.26. The lowest BCUT2D eigenvalue weighted by atomic mass is 10.2. The van der Waals surface area contributed by atoms with E-state index in [0.29, 0.717) is 28.6 Å². The Hall–Kier alpha value is -3.13. The van der Waals surface area contributed by atoms with Gasteiger partial charge in [0.15, 0.2) is 10.9 Å². The normalized spacial score (nSPS) is 11.6. The summed E-state index contributed by atoms with van der Waals surface area (Å²) in [6.07, 6.45) is 0.551. The number of hydrogen-bond donors (Lipinski definition) is 2. The maximum absolute atomic E-state index is 12.7. The number of benzene rings is 2. The van der Waals surface area contributed by atoms with E-state index in [1.165, 1.54) is 11.8 Å². The molecule has 8 heteroatoms. The number of carbonyl (C=O) groups excluding carboxylic acids is 1. The Balaban J connectivity index is 1.75. The first kappa shape index (κ1) is 19.6. The Morgan fingerprint density at radius 2 is 1.86 bits per heavy atom. The third kappa shape index (κ3) is 4.58. The zero-order valence-corrected chi connectivity index (χ0v) is 16.3. The number of ether oxygens (including phenoxy) is 1. The molecule has 1 atom stereocenters. The summed E-state index contributed by atoms with van der Waals surface area (Å²) in [5.41, 5.74) is 1.18. The van der Waals surface area contributed by atoms with Crippen LogP contribution in [0.1, 0.15) is 13.3 Å². The van der Waals surface area contributed by atoms with E-state index in [1.54, 1.807) is 31.4 Å². The topological polar surface area (TPSA) is 97.0 Å². The summed E-state index contributed by atoms with van der Waals surface area (Å²) >= 11 is 1.17. The van der Waals surface area contributed by atoms with Crippen LogP contribution in [0.4, 0.5) is 5.69 Å². The summed E-state index contributed by atoms with van der Waals surface area (Å²) in [6.45, 7) is 1.89. The fourth-order valence-electron chi connectivity index (χ4n) is 2.58. The quantitative estimate of drug-likeness (QED) is 0.595. The molecule has 1 aromatic heterocycles. The predicted molar refractivity (Wildman–Crippen MR) is 110 cm³/mol. The molecule has 0 saturated heterocycles. The molecule has 0 radical (unpaired) electrons. The second-order valence-electron chi connectivity index (χ2n) is 5.88. The van der Waals surface area contributed by atoms with E-state index in [2.05, 4.69) is 20.5 Å². The number of aromatic nitrogens is 3.